The van der Waals surface area contributed by atoms with Gasteiger partial charge < -0.3 is 10.6 Å². The van der Waals surface area contributed by atoms with Gasteiger partial charge in [0.05, 0.1) is 0 Å². The standard InChI is InChI=1S/C16H26N2OS/c1-11-9-15(7-8-17-11)18-16(19)6-4-5-14-10-12(2)20-13(14)3/h10-11,15,17H,4-9H2,1-3H3,(H,18,19). The monoisotopic (exact) mass is 294 g/mol. The summed E-state index contributed by atoms with van der Waals surface area (Å²) in [5.74, 6) is 0.216. The van der Waals surface area contributed by atoms with Gasteiger partial charge in [-0.25, -0.2) is 0 Å². The lowest BCUT2D eigenvalue weighted by atomic mass is 10.0. The average Bonchev–Trinajstić information content (AvgIpc) is 2.68. The first-order valence-corrected chi connectivity index (χ1v) is 8.45. The van der Waals surface area contributed by atoms with Crippen molar-refractivity contribution in [3.05, 3.63) is 21.4 Å². The molecule has 1 fully saturated rings. The van der Waals surface area contributed by atoms with E-state index in [9.17, 15) is 4.79 Å². The molecule has 1 aromatic heterocycles. The van der Waals surface area contributed by atoms with Crippen LogP contribution < -0.4 is 10.6 Å². The van der Waals surface area contributed by atoms with Gasteiger partial charge in [-0.05, 0) is 64.6 Å². The van der Waals surface area contributed by atoms with Crippen LogP contribution in [0.3, 0.4) is 0 Å². The minimum Gasteiger partial charge on any atom is -0.353 e. The molecular weight excluding hydrogens is 268 g/mol. The van der Waals surface area contributed by atoms with E-state index in [2.05, 4.69) is 37.5 Å². The summed E-state index contributed by atoms with van der Waals surface area (Å²) >= 11 is 1.85. The Morgan fingerprint density at radius 1 is 1.50 bits per heavy atom. The van der Waals surface area contributed by atoms with E-state index in [0.717, 1.165) is 32.2 Å². The molecule has 20 heavy (non-hydrogen) atoms. The highest BCUT2D eigenvalue weighted by molar-refractivity contribution is 7.12. The molecule has 0 spiro atoms. The summed E-state index contributed by atoms with van der Waals surface area (Å²) in [6.07, 6.45) is 4.72. The van der Waals surface area contributed by atoms with Crippen molar-refractivity contribution in [3.8, 4) is 0 Å². The Bertz CT molecular complexity index is 455. The molecule has 2 N–H and O–H groups in total. The number of thiophene rings is 1. The highest BCUT2D eigenvalue weighted by atomic mass is 32.1. The molecule has 0 aromatic carbocycles. The van der Waals surface area contributed by atoms with Crippen LogP contribution in [0.15, 0.2) is 6.07 Å². The van der Waals surface area contributed by atoms with Crippen molar-refractivity contribution in [2.45, 2.75) is 65.0 Å². The lowest BCUT2D eigenvalue weighted by molar-refractivity contribution is -0.122. The number of carbonyl (C=O) groups is 1. The lowest BCUT2D eigenvalue weighted by Crippen LogP contribution is -2.46. The first-order valence-electron chi connectivity index (χ1n) is 7.63. The third kappa shape index (κ3) is 4.60. The summed E-state index contributed by atoms with van der Waals surface area (Å²) in [6, 6.07) is 3.14. The SMILES string of the molecule is Cc1cc(CCCC(=O)NC2CCNC(C)C2)c(C)s1. The second kappa shape index (κ2) is 7.23. The Morgan fingerprint density at radius 2 is 2.30 bits per heavy atom. The fourth-order valence-corrected chi connectivity index (χ4v) is 3.91. The molecule has 3 nitrogen and oxygen atoms in total. The quantitative estimate of drug-likeness (QED) is 0.876. The molecular formula is C16H26N2OS. The molecule has 0 aliphatic carbocycles. The predicted octanol–water partition coefficient (Wildman–Crippen LogP) is 2.94. The Balaban J connectivity index is 1.68. The number of rotatable bonds is 5. The maximum Gasteiger partial charge on any atom is 0.220 e. The van der Waals surface area contributed by atoms with Crippen LogP contribution in [0, 0.1) is 13.8 Å². The van der Waals surface area contributed by atoms with Crippen molar-refractivity contribution in [2.75, 3.05) is 6.54 Å². The van der Waals surface area contributed by atoms with Gasteiger partial charge in [-0.2, -0.15) is 0 Å². The van der Waals surface area contributed by atoms with Gasteiger partial charge in [-0.3, -0.25) is 4.79 Å². The molecule has 1 aromatic rings. The molecule has 2 heterocycles. The van der Waals surface area contributed by atoms with Crippen molar-refractivity contribution >= 4 is 17.2 Å². The van der Waals surface area contributed by atoms with Crippen LogP contribution in [0.4, 0.5) is 0 Å². The van der Waals surface area contributed by atoms with Crippen molar-refractivity contribution in [1.82, 2.24) is 10.6 Å². The molecule has 1 saturated heterocycles. The normalized spacial score (nSPS) is 22.8. The minimum atomic E-state index is 0.216. The summed E-state index contributed by atoms with van der Waals surface area (Å²) < 4.78 is 0. The van der Waals surface area contributed by atoms with Crippen LogP contribution in [-0.4, -0.2) is 24.5 Å². The number of aryl methyl sites for hydroxylation is 3. The van der Waals surface area contributed by atoms with Crippen LogP contribution in [0.25, 0.3) is 0 Å². The molecule has 2 unspecified atom stereocenters. The number of nitrogens with one attached hydrogen (secondary N) is 2. The fourth-order valence-electron chi connectivity index (χ4n) is 2.93. The van der Waals surface area contributed by atoms with Gasteiger partial charge in [-0.1, -0.05) is 0 Å². The summed E-state index contributed by atoms with van der Waals surface area (Å²) in [7, 11) is 0. The first-order chi connectivity index (χ1) is 9.54. The predicted molar refractivity (Wildman–Crippen MR) is 85.4 cm³/mol. The first kappa shape index (κ1) is 15.5. The Labute approximate surface area is 126 Å². The largest absolute Gasteiger partial charge is 0.353 e. The minimum absolute atomic E-state index is 0.216. The Hall–Kier alpha value is -0.870. The fraction of sp³-hybridized carbons (Fsp3) is 0.688. The average molecular weight is 294 g/mol. The number of carbonyl (C=O) groups excluding carboxylic acids is 1. The van der Waals surface area contributed by atoms with E-state index < -0.39 is 0 Å². The van der Waals surface area contributed by atoms with E-state index in [-0.39, 0.29) is 5.91 Å². The second-order valence-electron chi connectivity index (χ2n) is 5.94. The zero-order chi connectivity index (χ0) is 14.5. The summed E-state index contributed by atoms with van der Waals surface area (Å²) in [4.78, 5) is 14.7. The number of hydrogen-bond donors (Lipinski definition) is 2. The topological polar surface area (TPSA) is 41.1 Å². The van der Waals surface area contributed by atoms with Crippen molar-refractivity contribution in [3.63, 3.8) is 0 Å². The van der Waals surface area contributed by atoms with Gasteiger partial charge in [0.2, 0.25) is 5.91 Å². The van der Waals surface area contributed by atoms with Gasteiger partial charge in [-0.15, -0.1) is 11.3 Å². The summed E-state index contributed by atoms with van der Waals surface area (Å²) in [5, 5.41) is 6.59. The van der Waals surface area contributed by atoms with Gasteiger partial charge in [0, 0.05) is 28.3 Å². The van der Waals surface area contributed by atoms with Crippen LogP contribution >= 0.6 is 11.3 Å². The smallest absolute Gasteiger partial charge is 0.220 e. The highest BCUT2D eigenvalue weighted by Crippen LogP contribution is 2.22. The van der Waals surface area contributed by atoms with Gasteiger partial charge in [0.25, 0.3) is 0 Å². The molecule has 1 aliphatic heterocycles. The van der Waals surface area contributed by atoms with Gasteiger partial charge >= 0.3 is 0 Å². The molecule has 0 saturated carbocycles. The van der Waals surface area contributed by atoms with Crippen molar-refractivity contribution in [2.24, 2.45) is 0 Å². The Kier molecular flexibility index (Phi) is 5.61. The van der Waals surface area contributed by atoms with E-state index in [1.807, 2.05) is 11.3 Å². The molecule has 0 bridgehead atoms. The maximum atomic E-state index is 12.0. The number of amides is 1. The van der Waals surface area contributed by atoms with Crippen molar-refractivity contribution in [1.29, 1.82) is 0 Å². The molecule has 1 aliphatic rings. The molecule has 2 atom stereocenters. The third-order valence-electron chi connectivity index (χ3n) is 3.98. The molecule has 1 amide bonds. The van der Waals surface area contributed by atoms with Gasteiger partial charge in [0.1, 0.15) is 0 Å². The van der Waals surface area contributed by atoms with E-state index in [1.54, 1.807) is 0 Å². The summed E-state index contributed by atoms with van der Waals surface area (Å²) in [6.45, 7) is 7.51. The van der Waals surface area contributed by atoms with Crippen LogP contribution in [-0.2, 0) is 11.2 Å². The van der Waals surface area contributed by atoms with E-state index in [1.165, 1.54) is 15.3 Å². The Morgan fingerprint density at radius 3 is 2.95 bits per heavy atom. The zero-order valence-corrected chi connectivity index (χ0v) is 13.6. The van der Waals surface area contributed by atoms with Crippen LogP contribution in [0.5, 0.6) is 0 Å². The van der Waals surface area contributed by atoms with Crippen molar-refractivity contribution < 1.29 is 4.79 Å². The lowest BCUT2D eigenvalue weighted by Gasteiger charge is -2.28. The van der Waals surface area contributed by atoms with E-state index in [4.69, 9.17) is 0 Å². The van der Waals surface area contributed by atoms with Crippen LogP contribution in [0.1, 0.15) is 47.9 Å². The van der Waals surface area contributed by atoms with E-state index in [0.29, 0.717) is 18.5 Å². The molecule has 0 radical (unpaired) electrons. The molecule has 112 valence electrons. The number of hydrogen-bond acceptors (Lipinski definition) is 3. The van der Waals surface area contributed by atoms with Gasteiger partial charge in [0.15, 0.2) is 0 Å². The highest BCUT2D eigenvalue weighted by Gasteiger charge is 2.19. The molecule has 2 rings (SSSR count). The number of piperidine rings is 1. The molecule has 4 heteroatoms. The second-order valence-corrected chi connectivity index (χ2v) is 7.40. The zero-order valence-electron chi connectivity index (χ0n) is 12.8. The van der Waals surface area contributed by atoms with E-state index >= 15 is 0 Å². The van der Waals surface area contributed by atoms with Crippen LogP contribution in [0.2, 0.25) is 0 Å². The third-order valence-corrected chi connectivity index (χ3v) is 4.99. The maximum absolute atomic E-state index is 12.0. The summed E-state index contributed by atoms with van der Waals surface area (Å²) in [5.41, 5.74) is 1.41.